The van der Waals surface area contributed by atoms with Crippen LogP contribution in [0.1, 0.15) is 116 Å². The number of ether oxygens (including phenoxy) is 6. The van der Waals surface area contributed by atoms with Gasteiger partial charge in [-0.05, 0) is 63.7 Å². The smallest absolute Gasteiger partial charge is 0.333 e. The van der Waals surface area contributed by atoms with Crippen molar-refractivity contribution in [3.05, 3.63) is 23.8 Å². The van der Waals surface area contributed by atoms with Gasteiger partial charge in [-0.3, -0.25) is 24.5 Å². The number of methoxy groups -OCH3 is 6. The molecule has 61 heavy (non-hydrogen) atoms. The van der Waals surface area contributed by atoms with Crippen LogP contribution in [-0.2, 0) is 66.8 Å². The van der Waals surface area contributed by atoms with Crippen molar-refractivity contribution in [2.24, 2.45) is 34.0 Å². The van der Waals surface area contributed by atoms with Gasteiger partial charge in [0.05, 0.1) is 65.3 Å². The minimum absolute atomic E-state index is 0.00463. The number of carbonyl (C=O) groups is 8. The first-order valence-corrected chi connectivity index (χ1v) is 22.2. The lowest BCUT2D eigenvalue weighted by molar-refractivity contribution is -0.152. The second kappa shape index (κ2) is 38.8. The van der Waals surface area contributed by atoms with Crippen molar-refractivity contribution in [1.29, 1.82) is 0 Å². The molecule has 2 heterocycles. The number of amides is 2. The van der Waals surface area contributed by atoms with Crippen LogP contribution in [0.2, 0.25) is 0 Å². The molecule has 6 atom stereocenters. The Morgan fingerprint density at radius 2 is 1.08 bits per heavy atom. The number of carbonyl (C=O) groups excluding carboxylic acids is 8. The van der Waals surface area contributed by atoms with E-state index in [-0.39, 0.29) is 46.6 Å². The van der Waals surface area contributed by atoms with E-state index in [0.29, 0.717) is 6.42 Å². The van der Waals surface area contributed by atoms with E-state index in [1.807, 2.05) is 82.0 Å². The molecule has 5 aliphatic rings. The van der Waals surface area contributed by atoms with E-state index in [0.717, 1.165) is 36.0 Å². The summed E-state index contributed by atoms with van der Waals surface area (Å²) in [5.41, 5.74) is 0.0261. The number of rotatable bonds is 6. The van der Waals surface area contributed by atoms with Gasteiger partial charge in [0, 0.05) is 30.3 Å². The second-order valence-electron chi connectivity index (χ2n) is 12.6. The van der Waals surface area contributed by atoms with Crippen molar-refractivity contribution in [3.63, 3.8) is 0 Å². The van der Waals surface area contributed by atoms with Crippen molar-refractivity contribution in [1.82, 2.24) is 10.6 Å². The number of piperidine rings is 2. The lowest BCUT2D eigenvalue weighted by atomic mass is 10.1. The highest BCUT2D eigenvalue weighted by atomic mass is 79.9. The molecular formula is C44H81BrN2O14. The molecule has 16 nitrogen and oxygen atoms in total. The predicted molar refractivity (Wildman–Crippen MR) is 241 cm³/mol. The molecule has 0 spiro atoms. The number of hydrogen-bond donors (Lipinski definition) is 2. The Bertz CT molecular complexity index is 1350. The normalized spacial score (nSPS) is 23.8. The molecule has 2 N–H and O–H groups in total. The van der Waals surface area contributed by atoms with E-state index in [2.05, 4.69) is 61.9 Å². The number of hydrogen-bond acceptors (Lipinski definition) is 15. The summed E-state index contributed by atoms with van der Waals surface area (Å²) in [6.45, 7) is 30.0. The van der Waals surface area contributed by atoms with Gasteiger partial charge in [0.2, 0.25) is 11.8 Å². The summed E-state index contributed by atoms with van der Waals surface area (Å²) in [5.74, 6) is -0.528. The zero-order valence-electron chi connectivity index (χ0n) is 41.1. The van der Waals surface area contributed by atoms with E-state index in [9.17, 15) is 38.4 Å². The van der Waals surface area contributed by atoms with Crippen molar-refractivity contribution in [2.75, 3.05) is 61.6 Å². The number of imide groups is 1. The predicted octanol–water partition coefficient (Wildman–Crippen LogP) is 6.95. The highest BCUT2D eigenvalue weighted by molar-refractivity contribution is 9.08. The summed E-state index contributed by atoms with van der Waals surface area (Å²) in [5, 5.41) is 5.64. The Balaban J connectivity index is -0.000000146. The number of esters is 6. The van der Waals surface area contributed by atoms with Crippen molar-refractivity contribution >= 4 is 63.6 Å². The van der Waals surface area contributed by atoms with Crippen LogP contribution >= 0.6 is 15.9 Å². The summed E-state index contributed by atoms with van der Waals surface area (Å²) < 4.78 is 26.1. The van der Waals surface area contributed by atoms with Crippen LogP contribution in [0.25, 0.3) is 0 Å². The topological polar surface area (TPSA) is 216 Å². The van der Waals surface area contributed by atoms with E-state index in [1.54, 1.807) is 6.92 Å². The zero-order chi connectivity index (χ0) is 49.7. The average Bonchev–Trinajstić information content (AvgIpc) is 4.26. The van der Waals surface area contributed by atoms with Gasteiger partial charge in [0.1, 0.15) is 0 Å². The number of nitrogens with one attached hydrogen (secondary N) is 2. The summed E-state index contributed by atoms with van der Waals surface area (Å²) in [7, 11) is 7.58. The highest BCUT2D eigenvalue weighted by Crippen LogP contribution is 2.56. The van der Waals surface area contributed by atoms with E-state index < -0.39 is 29.3 Å². The quantitative estimate of drug-likeness (QED) is 0.0906. The maximum absolute atomic E-state index is 11.1. The Kier molecular flexibility index (Phi) is 43.6. The first kappa shape index (κ1) is 68.6. The summed E-state index contributed by atoms with van der Waals surface area (Å²) in [6, 6.07) is 0. The third-order valence-electron chi connectivity index (χ3n) is 8.94. The van der Waals surface area contributed by atoms with Gasteiger partial charge in [-0.25, -0.2) is 19.2 Å². The maximum atomic E-state index is 11.1. The van der Waals surface area contributed by atoms with E-state index in [1.165, 1.54) is 69.1 Å². The van der Waals surface area contributed by atoms with Gasteiger partial charge in [0.25, 0.3) is 0 Å². The van der Waals surface area contributed by atoms with Gasteiger partial charge in [-0.1, -0.05) is 92.1 Å². The van der Waals surface area contributed by atoms with Crippen LogP contribution in [0, 0.1) is 34.0 Å². The lowest BCUT2D eigenvalue weighted by Crippen LogP contribution is -2.27. The number of halogens is 1. The van der Waals surface area contributed by atoms with Gasteiger partial charge >= 0.3 is 35.8 Å². The fourth-order valence-corrected chi connectivity index (χ4v) is 4.95. The van der Waals surface area contributed by atoms with Crippen molar-refractivity contribution in [2.45, 2.75) is 116 Å². The van der Waals surface area contributed by atoms with Crippen LogP contribution in [0.15, 0.2) is 23.8 Å². The summed E-state index contributed by atoms with van der Waals surface area (Å²) in [6.07, 6.45) is 5.84. The average molecular weight is 942 g/mol. The van der Waals surface area contributed by atoms with Crippen LogP contribution in [0.5, 0.6) is 0 Å². The monoisotopic (exact) mass is 940 g/mol. The molecule has 5 fully saturated rings. The first-order chi connectivity index (χ1) is 28.8. The second-order valence-corrected chi connectivity index (χ2v) is 12.6. The van der Waals surface area contributed by atoms with Crippen LogP contribution in [0.4, 0.5) is 0 Å². The van der Waals surface area contributed by atoms with Gasteiger partial charge in [0.15, 0.2) is 0 Å². The van der Waals surface area contributed by atoms with Crippen molar-refractivity contribution < 1.29 is 66.8 Å². The molecule has 358 valence electrons. The third kappa shape index (κ3) is 26.1. The molecule has 5 rings (SSSR count). The minimum Gasteiger partial charge on any atom is -0.469 e. The lowest BCUT2D eigenvalue weighted by Gasteiger charge is -2.06. The molecule has 6 unspecified atom stereocenters. The Hall–Kier alpha value is -4.12. The molecule has 0 bridgehead atoms. The zero-order valence-corrected chi connectivity index (χ0v) is 42.7. The molecule has 2 amide bonds. The standard InChI is InChI=1S/C8H12O4.C7H10O4.C6H7NO2.C6H11N.C6H8O4.5C2H6.CH3Br/c1-8(7(10)12-3)4-5(8)6(9)11-2;1-5(7(9)11-3)4-6(8)10-2;1-6-2-3(6)4(8)7-5(6)9;1-6-2-5(6)3-7-4-6;1-9-5(7)3-4-6(8)10-2;6*1-2/h5H,4H2,1-3H3;4H,1-3H3;3H,2H2,1H3,(H,7,8,9);5,7H,2-4H2,1H3;3-4H,1-2H3;5*1-2H3;1H3. The summed E-state index contributed by atoms with van der Waals surface area (Å²) >= 11 is 2.94. The van der Waals surface area contributed by atoms with Gasteiger partial charge in [-0.15, -0.1) is 0 Å². The molecule has 0 aromatic carbocycles. The molecule has 17 heteroatoms. The maximum Gasteiger partial charge on any atom is 0.333 e. The Morgan fingerprint density at radius 1 is 0.639 bits per heavy atom. The fraction of sp³-hybridized carbons (Fsp3) is 0.727. The van der Waals surface area contributed by atoms with Crippen LogP contribution < -0.4 is 10.6 Å². The largest absolute Gasteiger partial charge is 0.469 e. The molecule has 3 aliphatic carbocycles. The number of fused-ring (bicyclic) bond motifs is 2. The first-order valence-electron chi connectivity index (χ1n) is 20.6. The van der Waals surface area contributed by atoms with E-state index in [4.69, 9.17) is 0 Å². The number of alkyl halides is 1. The molecule has 2 aliphatic heterocycles. The molecule has 0 aromatic rings. The molecule has 0 aromatic heterocycles. The van der Waals surface area contributed by atoms with Gasteiger partial charge in [-0.2, -0.15) is 0 Å². The van der Waals surface area contributed by atoms with Crippen LogP contribution in [0.3, 0.4) is 0 Å². The van der Waals surface area contributed by atoms with E-state index >= 15 is 0 Å². The molecule has 2 saturated heterocycles. The van der Waals surface area contributed by atoms with Gasteiger partial charge < -0.3 is 33.7 Å². The van der Waals surface area contributed by atoms with Crippen LogP contribution in [-0.4, -0.2) is 109 Å². The Morgan fingerprint density at radius 3 is 1.30 bits per heavy atom. The highest BCUT2D eigenvalue weighted by Gasteiger charge is 2.65. The Labute approximate surface area is 375 Å². The summed E-state index contributed by atoms with van der Waals surface area (Å²) in [4.78, 5) is 85.4. The fourth-order valence-electron chi connectivity index (χ4n) is 4.95. The van der Waals surface area contributed by atoms with Crippen molar-refractivity contribution in [3.8, 4) is 0 Å². The molecule has 0 radical (unpaired) electrons. The molecular weight excluding hydrogens is 860 g/mol. The SMILES string of the molecule is CBr.CC.CC.CC.CC.CC.CC12CC1C(=O)NC2=O.CC12CNCC1C2.COC(=O)C1CC1(C)C(=O)OC.COC(=O)C=C(C)C(=O)OC.COC(=O)C=CC(=O)OC. The third-order valence-corrected chi connectivity index (χ3v) is 8.94. The molecule has 3 saturated carbocycles. The minimum atomic E-state index is -0.637.